The Morgan fingerprint density at radius 1 is 1.04 bits per heavy atom. The predicted molar refractivity (Wildman–Crippen MR) is 105 cm³/mol. The van der Waals surface area contributed by atoms with E-state index in [1.165, 1.54) is 56.1 Å². The molecule has 0 radical (unpaired) electrons. The van der Waals surface area contributed by atoms with Crippen molar-refractivity contribution < 1.29 is 9.72 Å². The molecule has 0 atom stereocenters. The van der Waals surface area contributed by atoms with Crippen molar-refractivity contribution in [1.29, 1.82) is 0 Å². The summed E-state index contributed by atoms with van der Waals surface area (Å²) in [5, 5.41) is 16.2. The van der Waals surface area contributed by atoms with Gasteiger partial charge < -0.3 is 10.6 Å². The molecular formula is C20H24N4O3. The third-order valence-electron chi connectivity index (χ3n) is 4.65. The Balaban J connectivity index is 1.47. The molecule has 2 N–H and O–H groups in total. The van der Waals surface area contributed by atoms with Crippen LogP contribution in [0.15, 0.2) is 48.5 Å². The van der Waals surface area contributed by atoms with Crippen LogP contribution in [0.5, 0.6) is 0 Å². The number of carbonyl (C=O) groups excluding carboxylic acids is 1. The first-order chi connectivity index (χ1) is 13.1. The normalized spacial score (nSPS) is 14.5. The summed E-state index contributed by atoms with van der Waals surface area (Å²) in [4.78, 5) is 24.8. The fraction of sp³-hybridized carbons (Fsp3) is 0.350. The smallest absolute Gasteiger partial charge is 0.319 e. The van der Waals surface area contributed by atoms with Crippen LogP contribution in [-0.4, -0.2) is 28.9 Å². The molecule has 7 heteroatoms. The van der Waals surface area contributed by atoms with Gasteiger partial charge in [0.2, 0.25) is 0 Å². The number of amides is 2. The number of nitro benzene ring substituents is 1. The third-order valence-corrected chi connectivity index (χ3v) is 4.65. The van der Waals surface area contributed by atoms with Crippen LogP contribution < -0.4 is 10.6 Å². The lowest BCUT2D eigenvalue weighted by Gasteiger charge is -2.26. The van der Waals surface area contributed by atoms with Crippen LogP contribution in [0.1, 0.15) is 30.4 Å². The quantitative estimate of drug-likeness (QED) is 0.598. The Morgan fingerprint density at radius 3 is 2.44 bits per heavy atom. The number of nitrogens with one attached hydrogen (secondary N) is 2. The average Bonchev–Trinajstić information content (AvgIpc) is 2.68. The van der Waals surface area contributed by atoms with E-state index in [-0.39, 0.29) is 5.69 Å². The molecule has 27 heavy (non-hydrogen) atoms. The van der Waals surface area contributed by atoms with Crippen molar-refractivity contribution in [3.63, 3.8) is 0 Å². The van der Waals surface area contributed by atoms with E-state index in [0.717, 1.165) is 12.1 Å². The highest BCUT2D eigenvalue weighted by Gasteiger charge is 2.11. The molecule has 1 fully saturated rings. The van der Waals surface area contributed by atoms with Crippen LogP contribution >= 0.6 is 0 Å². The lowest BCUT2D eigenvalue weighted by molar-refractivity contribution is -0.384. The van der Waals surface area contributed by atoms with Gasteiger partial charge in [-0.05, 0) is 43.1 Å². The molecule has 1 heterocycles. The minimum Gasteiger partial charge on any atom is -0.334 e. The molecular weight excluding hydrogens is 344 g/mol. The first kappa shape index (κ1) is 18.8. The summed E-state index contributed by atoms with van der Waals surface area (Å²) in [6.45, 7) is 3.70. The van der Waals surface area contributed by atoms with Gasteiger partial charge in [0, 0.05) is 30.9 Å². The number of non-ortho nitro benzene ring substituents is 1. The maximum absolute atomic E-state index is 12.0. The largest absolute Gasteiger partial charge is 0.334 e. The number of hydrogen-bond donors (Lipinski definition) is 2. The standard InChI is InChI=1S/C20H24N4O3/c25-20(22-18-5-4-6-19(13-18)24(26)27)21-14-16-7-9-17(10-8-16)15-23-11-2-1-3-12-23/h4-10,13H,1-3,11-12,14-15H2,(H2,21,22,25). The van der Waals surface area contributed by atoms with Gasteiger partial charge in [-0.1, -0.05) is 36.8 Å². The Bertz CT molecular complexity index is 786. The maximum Gasteiger partial charge on any atom is 0.319 e. The molecule has 0 aromatic heterocycles. The van der Waals surface area contributed by atoms with Crippen LogP contribution in [0.4, 0.5) is 16.2 Å². The molecule has 1 aliphatic rings. The van der Waals surface area contributed by atoms with E-state index in [1.807, 2.05) is 12.1 Å². The monoisotopic (exact) mass is 368 g/mol. The first-order valence-corrected chi connectivity index (χ1v) is 9.19. The van der Waals surface area contributed by atoms with Crippen LogP contribution in [0.3, 0.4) is 0 Å². The molecule has 2 aromatic carbocycles. The van der Waals surface area contributed by atoms with E-state index in [1.54, 1.807) is 6.07 Å². The molecule has 0 bridgehead atoms. The van der Waals surface area contributed by atoms with Crippen molar-refractivity contribution in [1.82, 2.24) is 10.2 Å². The van der Waals surface area contributed by atoms with Gasteiger partial charge in [-0.2, -0.15) is 0 Å². The minimum atomic E-state index is -0.492. The number of anilines is 1. The number of hydrogen-bond acceptors (Lipinski definition) is 4. The highest BCUT2D eigenvalue weighted by Crippen LogP contribution is 2.17. The lowest BCUT2D eigenvalue weighted by atomic mass is 10.1. The number of likely N-dealkylation sites (tertiary alicyclic amines) is 1. The summed E-state index contributed by atoms with van der Waals surface area (Å²) < 4.78 is 0. The Morgan fingerprint density at radius 2 is 1.74 bits per heavy atom. The Hall–Kier alpha value is -2.93. The summed E-state index contributed by atoms with van der Waals surface area (Å²) in [5.41, 5.74) is 2.61. The second-order valence-electron chi connectivity index (χ2n) is 6.77. The molecule has 1 saturated heterocycles. The van der Waals surface area contributed by atoms with E-state index in [4.69, 9.17) is 0 Å². The second kappa shape index (κ2) is 9.14. The molecule has 0 saturated carbocycles. The van der Waals surface area contributed by atoms with Crippen LogP contribution in [0.25, 0.3) is 0 Å². The second-order valence-corrected chi connectivity index (χ2v) is 6.77. The van der Waals surface area contributed by atoms with Crippen LogP contribution in [-0.2, 0) is 13.1 Å². The van der Waals surface area contributed by atoms with E-state index >= 15 is 0 Å². The van der Waals surface area contributed by atoms with E-state index in [9.17, 15) is 14.9 Å². The van der Waals surface area contributed by atoms with Gasteiger partial charge in [-0.3, -0.25) is 15.0 Å². The summed E-state index contributed by atoms with van der Waals surface area (Å²) in [5.74, 6) is 0. The zero-order valence-corrected chi connectivity index (χ0v) is 15.2. The van der Waals surface area contributed by atoms with Gasteiger partial charge in [0.05, 0.1) is 4.92 Å². The summed E-state index contributed by atoms with van der Waals surface area (Å²) in [6, 6.07) is 13.7. The number of carbonyl (C=O) groups is 1. The number of nitrogens with zero attached hydrogens (tertiary/aromatic N) is 2. The van der Waals surface area contributed by atoms with Gasteiger partial charge in [-0.15, -0.1) is 0 Å². The van der Waals surface area contributed by atoms with Crippen molar-refractivity contribution in [2.75, 3.05) is 18.4 Å². The van der Waals surface area contributed by atoms with E-state index in [0.29, 0.717) is 12.2 Å². The fourth-order valence-corrected chi connectivity index (χ4v) is 3.19. The molecule has 1 aliphatic heterocycles. The number of nitro groups is 1. The van der Waals surface area contributed by atoms with Crippen LogP contribution in [0, 0.1) is 10.1 Å². The highest BCUT2D eigenvalue weighted by atomic mass is 16.6. The third kappa shape index (κ3) is 5.79. The van der Waals surface area contributed by atoms with Crippen molar-refractivity contribution >= 4 is 17.4 Å². The lowest BCUT2D eigenvalue weighted by Crippen LogP contribution is -2.29. The van der Waals surface area contributed by atoms with Crippen molar-refractivity contribution in [3.8, 4) is 0 Å². The molecule has 2 aromatic rings. The average molecular weight is 368 g/mol. The molecule has 2 amide bonds. The zero-order valence-electron chi connectivity index (χ0n) is 15.2. The van der Waals surface area contributed by atoms with Gasteiger partial charge in [-0.25, -0.2) is 4.79 Å². The maximum atomic E-state index is 12.0. The van der Waals surface area contributed by atoms with Gasteiger partial charge in [0.25, 0.3) is 5.69 Å². The number of rotatable bonds is 6. The molecule has 7 nitrogen and oxygen atoms in total. The van der Waals surface area contributed by atoms with Crippen molar-refractivity contribution in [2.24, 2.45) is 0 Å². The van der Waals surface area contributed by atoms with Gasteiger partial charge in [0.15, 0.2) is 0 Å². The topological polar surface area (TPSA) is 87.5 Å². The number of urea groups is 1. The molecule has 0 unspecified atom stereocenters. The summed E-state index contributed by atoms with van der Waals surface area (Å²) >= 11 is 0. The molecule has 3 rings (SSSR count). The van der Waals surface area contributed by atoms with E-state index in [2.05, 4.69) is 27.7 Å². The molecule has 0 aliphatic carbocycles. The molecule has 142 valence electrons. The number of piperidine rings is 1. The highest BCUT2D eigenvalue weighted by molar-refractivity contribution is 5.89. The minimum absolute atomic E-state index is 0.0582. The fourth-order valence-electron chi connectivity index (χ4n) is 3.19. The molecule has 0 spiro atoms. The van der Waals surface area contributed by atoms with Gasteiger partial charge in [0.1, 0.15) is 0 Å². The Kier molecular flexibility index (Phi) is 6.38. The van der Waals surface area contributed by atoms with Crippen LogP contribution in [0.2, 0.25) is 0 Å². The van der Waals surface area contributed by atoms with Crippen molar-refractivity contribution in [2.45, 2.75) is 32.4 Å². The first-order valence-electron chi connectivity index (χ1n) is 9.19. The van der Waals surface area contributed by atoms with Gasteiger partial charge >= 0.3 is 6.03 Å². The predicted octanol–water partition coefficient (Wildman–Crippen LogP) is 3.90. The summed E-state index contributed by atoms with van der Waals surface area (Å²) in [7, 11) is 0. The number of benzene rings is 2. The summed E-state index contributed by atoms with van der Waals surface area (Å²) in [6.07, 6.45) is 3.89. The zero-order chi connectivity index (χ0) is 19.1. The van der Waals surface area contributed by atoms with E-state index < -0.39 is 11.0 Å². The SMILES string of the molecule is O=C(NCc1ccc(CN2CCCCC2)cc1)Nc1cccc([N+](=O)[O-])c1. The Labute approximate surface area is 158 Å². The van der Waals surface area contributed by atoms with Crippen molar-refractivity contribution in [3.05, 3.63) is 69.8 Å².